The van der Waals surface area contributed by atoms with Crippen LogP contribution in [0.15, 0.2) is 28.7 Å². The molecule has 0 bridgehead atoms. The molecule has 1 aromatic rings. The van der Waals surface area contributed by atoms with E-state index in [0.717, 1.165) is 24.0 Å². The van der Waals surface area contributed by atoms with Gasteiger partial charge in [-0.2, -0.15) is 0 Å². The zero-order valence-corrected chi connectivity index (χ0v) is 12.6. The smallest absolute Gasteiger partial charge is 0.0343 e. The minimum Gasteiger partial charge on any atom is -0.329 e. The molecule has 0 heterocycles. The molecule has 0 aliphatic carbocycles. The van der Waals surface area contributed by atoms with Gasteiger partial charge in [-0.1, -0.05) is 41.9 Å². The molecular formula is C14H23BrN2. The quantitative estimate of drug-likeness (QED) is 0.875. The van der Waals surface area contributed by atoms with Crippen molar-refractivity contribution in [2.75, 3.05) is 19.6 Å². The van der Waals surface area contributed by atoms with Gasteiger partial charge in [-0.05, 0) is 44.1 Å². The highest BCUT2D eigenvalue weighted by molar-refractivity contribution is 9.10. The molecule has 0 saturated heterocycles. The highest BCUT2D eigenvalue weighted by Crippen LogP contribution is 2.21. The van der Waals surface area contributed by atoms with Gasteiger partial charge in [0, 0.05) is 16.6 Å². The van der Waals surface area contributed by atoms with E-state index >= 15 is 0 Å². The van der Waals surface area contributed by atoms with Crippen molar-refractivity contribution in [3.05, 3.63) is 34.3 Å². The lowest BCUT2D eigenvalue weighted by Gasteiger charge is -2.39. The van der Waals surface area contributed by atoms with E-state index in [1.807, 2.05) is 0 Å². The first kappa shape index (κ1) is 14.7. The first-order chi connectivity index (χ1) is 8.05. The Hall–Kier alpha value is -0.380. The van der Waals surface area contributed by atoms with Gasteiger partial charge in [-0.15, -0.1) is 0 Å². The number of halogens is 1. The van der Waals surface area contributed by atoms with Gasteiger partial charge in [0.25, 0.3) is 0 Å². The zero-order valence-electron chi connectivity index (χ0n) is 11.0. The van der Waals surface area contributed by atoms with Gasteiger partial charge in [0.2, 0.25) is 0 Å². The number of benzene rings is 1. The Bertz CT molecular complexity index is 333. The molecule has 96 valence electrons. The summed E-state index contributed by atoms with van der Waals surface area (Å²) in [5.74, 6) is 0. The maximum absolute atomic E-state index is 5.99. The number of hydrogen-bond donors (Lipinski definition) is 1. The van der Waals surface area contributed by atoms with Crippen LogP contribution in [0.2, 0.25) is 0 Å². The van der Waals surface area contributed by atoms with E-state index in [1.165, 1.54) is 5.56 Å². The predicted octanol–water partition coefficient (Wildman–Crippen LogP) is 3.05. The number of nitrogens with zero attached hydrogens (tertiary/aromatic N) is 1. The van der Waals surface area contributed by atoms with Crippen molar-refractivity contribution in [1.82, 2.24) is 4.90 Å². The summed E-state index contributed by atoms with van der Waals surface area (Å²) < 4.78 is 1.12. The molecule has 17 heavy (non-hydrogen) atoms. The molecule has 1 aromatic carbocycles. The lowest BCUT2D eigenvalue weighted by atomic mass is 9.91. The van der Waals surface area contributed by atoms with Crippen molar-refractivity contribution < 1.29 is 0 Å². The van der Waals surface area contributed by atoms with E-state index in [2.05, 4.69) is 65.9 Å². The maximum atomic E-state index is 5.99. The number of nitrogens with two attached hydrogens (primary N) is 1. The fourth-order valence-electron chi connectivity index (χ4n) is 2.34. The molecule has 0 radical (unpaired) electrons. The Kier molecular flexibility index (Phi) is 5.63. The maximum Gasteiger partial charge on any atom is 0.0343 e. The van der Waals surface area contributed by atoms with Crippen LogP contribution in [0.5, 0.6) is 0 Å². The third-order valence-electron chi connectivity index (χ3n) is 3.46. The number of hydrogen-bond acceptors (Lipinski definition) is 2. The highest BCUT2D eigenvalue weighted by atomic mass is 79.9. The standard InChI is InChI=1S/C14H23BrN2/c1-4-17(5-2)14(3,11-16)10-12-6-8-13(15)9-7-12/h6-9H,4-5,10-11,16H2,1-3H3. The van der Waals surface area contributed by atoms with Crippen LogP contribution in [0, 0.1) is 0 Å². The largest absolute Gasteiger partial charge is 0.329 e. The second-order valence-corrected chi connectivity index (χ2v) is 5.59. The highest BCUT2D eigenvalue weighted by Gasteiger charge is 2.28. The molecule has 0 saturated carbocycles. The summed E-state index contributed by atoms with van der Waals surface area (Å²) in [6.07, 6.45) is 0.998. The van der Waals surface area contributed by atoms with E-state index in [0.29, 0.717) is 6.54 Å². The molecular weight excluding hydrogens is 276 g/mol. The summed E-state index contributed by atoms with van der Waals surface area (Å²) in [7, 11) is 0. The van der Waals surface area contributed by atoms with Gasteiger partial charge in [-0.25, -0.2) is 0 Å². The first-order valence-corrected chi connectivity index (χ1v) is 7.04. The van der Waals surface area contributed by atoms with Crippen LogP contribution in [0.25, 0.3) is 0 Å². The summed E-state index contributed by atoms with van der Waals surface area (Å²) in [4.78, 5) is 2.44. The second-order valence-electron chi connectivity index (χ2n) is 4.68. The summed E-state index contributed by atoms with van der Waals surface area (Å²) >= 11 is 3.46. The first-order valence-electron chi connectivity index (χ1n) is 6.25. The monoisotopic (exact) mass is 298 g/mol. The summed E-state index contributed by atoms with van der Waals surface area (Å²) in [5, 5.41) is 0. The fraction of sp³-hybridized carbons (Fsp3) is 0.571. The molecule has 1 unspecified atom stereocenters. The molecule has 2 nitrogen and oxygen atoms in total. The van der Waals surface area contributed by atoms with Crippen molar-refractivity contribution in [1.29, 1.82) is 0 Å². The molecule has 1 rings (SSSR count). The Morgan fingerprint density at radius 3 is 2.12 bits per heavy atom. The summed E-state index contributed by atoms with van der Waals surface area (Å²) in [6, 6.07) is 8.52. The predicted molar refractivity (Wildman–Crippen MR) is 78.2 cm³/mol. The van der Waals surface area contributed by atoms with Gasteiger partial charge in [-0.3, -0.25) is 4.90 Å². The molecule has 0 aliphatic rings. The third-order valence-corrected chi connectivity index (χ3v) is 3.99. The van der Waals surface area contributed by atoms with Gasteiger partial charge < -0.3 is 5.73 Å². The fourth-order valence-corrected chi connectivity index (χ4v) is 2.61. The van der Waals surface area contributed by atoms with Crippen LogP contribution in [-0.4, -0.2) is 30.1 Å². The number of likely N-dealkylation sites (N-methyl/N-ethyl adjacent to an activating group) is 1. The average Bonchev–Trinajstić information content (AvgIpc) is 2.33. The third kappa shape index (κ3) is 3.80. The minimum atomic E-state index is 0.0529. The molecule has 0 aliphatic heterocycles. The topological polar surface area (TPSA) is 29.3 Å². The van der Waals surface area contributed by atoms with Crippen LogP contribution < -0.4 is 5.73 Å². The van der Waals surface area contributed by atoms with Crippen molar-refractivity contribution in [2.45, 2.75) is 32.7 Å². The van der Waals surface area contributed by atoms with Crippen molar-refractivity contribution >= 4 is 15.9 Å². The SMILES string of the molecule is CCN(CC)C(C)(CN)Cc1ccc(Br)cc1. The zero-order chi connectivity index (χ0) is 12.9. The van der Waals surface area contributed by atoms with E-state index in [1.54, 1.807) is 0 Å². The second kappa shape index (κ2) is 6.53. The molecule has 3 heteroatoms. The Morgan fingerprint density at radius 1 is 1.18 bits per heavy atom. The normalized spacial score (nSPS) is 14.9. The van der Waals surface area contributed by atoms with Crippen LogP contribution in [0.4, 0.5) is 0 Å². The van der Waals surface area contributed by atoms with Crippen LogP contribution in [0.3, 0.4) is 0 Å². The van der Waals surface area contributed by atoms with Gasteiger partial charge >= 0.3 is 0 Å². The van der Waals surface area contributed by atoms with Crippen LogP contribution >= 0.6 is 15.9 Å². The average molecular weight is 299 g/mol. The molecule has 0 fully saturated rings. The van der Waals surface area contributed by atoms with Crippen LogP contribution in [0.1, 0.15) is 26.3 Å². The molecule has 0 aromatic heterocycles. The van der Waals surface area contributed by atoms with E-state index in [-0.39, 0.29) is 5.54 Å². The van der Waals surface area contributed by atoms with Crippen molar-refractivity contribution in [3.8, 4) is 0 Å². The molecule has 0 amide bonds. The Labute approximate surface area is 113 Å². The van der Waals surface area contributed by atoms with E-state index in [4.69, 9.17) is 5.73 Å². The van der Waals surface area contributed by atoms with Gasteiger partial charge in [0.1, 0.15) is 0 Å². The lowest BCUT2D eigenvalue weighted by molar-refractivity contribution is 0.124. The van der Waals surface area contributed by atoms with E-state index in [9.17, 15) is 0 Å². The summed E-state index contributed by atoms with van der Waals surface area (Å²) in [6.45, 7) is 9.41. The summed E-state index contributed by atoms with van der Waals surface area (Å²) in [5.41, 5.74) is 7.38. The molecule has 1 atom stereocenters. The van der Waals surface area contributed by atoms with Crippen LogP contribution in [-0.2, 0) is 6.42 Å². The molecule has 2 N–H and O–H groups in total. The lowest BCUT2D eigenvalue weighted by Crippen LogP contribution is -2.53. The molecule has 0 spiro atoms. The van der Waals surface area contributed by atoms with E-state index < -0.39 is 0 Å². The minimum absolute atomic E-state index is 0.0529. The number of rotatable bonds is 6. The van der Waals surface area contributed by atoms with Gasteiger partial charge in [0.05, 0.1) is 0 Å². The Morgan fingerprint density at radius 2 is 1.71 bits per heavy atom. The van der Waals surface area contributed by atoms with Crippen molar-refractivity contribution in [2.24, 2.45) is 5.73 Å². The Balaban J connectivity index is 2.84. The van der Waals surface area contributed by atoms with Crippen molar-refractivity contribution in [3.63, 3.8) is 0 Å². The van der Waals surface area contributed by atoms with Gasteiger partial charge in [0.15, 0.2) is 0 Å².